The summed E-state index contributed by atoms with van der Waals surface area (Å²) in [5.41, 5.74) is 1.19. The Morgan fingerprint density at radius 3 is 2.61 bits per heavy atom. The zero-order chi connectivity index (χ0) is 17.0. The molecule has 0 spiro atoms. The molecule has 0 aliphatic carbocycles. The molecule has 0 radical (unpaired) electrons. The second-order valence-corrected chi connectivity index (χ2v) is 7.61. The van der Waals surface area contributed by atoms with Crippen molar-refractivity contribution in [2.45, 2.75) is 44.6 Å². The van der Waals surface area contributed by atoms with E-state index in [-0.39, 0.29) is 16.8 Å². The largest absolute Gasteiger partial charge is 0.325 e. The van der Waals surface area contributed by atoms with Crippen LogP contribution in [0.5, 0.6) is 0 Å². The topological polar surface area (TPSA) is 78.5 Å². The third kappa shape index (κ3) is 3.91. The average Bonchev–Trinajstić information content (AvgIpc) is 3.04. The quantitative estimate of drug-likeness (QED) is 0.827. The summed E-state index contributed by atoms with van der Waals surface area (Å²) in [6, 6.07) is 4.83. The molecular formula is C16H25N3O3S. The van der Waals surface area contributed by atoms with Crippen molar-refractivity contribution < 1.29 is 13.2 Å². The van der Waals surface area contributed by atoms with Crippen LogP contribution in [0.3, 0.4) is 0 Å². The van der Waals surface area contributed by atoms with Gasteiger partial charge in [-0.2, -0.15) is 4.31 Å². The number of hydrogen-bond acceptors (Lipinski definition) is 4. The first kappa shape index (κ1) is 17.9. The smallest absolute Gasteiger partial charge is 0.243 e. The lowest BCUT2D eigenvalue weighted by molar-refractivity contribution is -0.117. The molecule has 1 heterocycles. The number of nitrogens with one attached hydrogen (secondary N) is 2. The molecule has 1 amide bonds. The van der Waals surface area contributed by atoms with Crippen molar-refractivity contribution in [1.29, 1.82) is 0 Å². The molecule has 1 fully saturated rings. The first-order valence-corrected chi connectivity index (χ1v) is 9.49. The maximum absolute atomic E-state index is 12.7. The number of sulfonamides is 1. The zero-order valence-corrected chi connectivity index (χ0v) is 14.7. The molecule has 6 nitrogen and oxygen atoms in total. The summed E-state index contributed by atoms with van der Waals surface area (Å²) in [6.45, 7) is 7.07. The van der Waals surface area contributed by atoms with E-state index in [1.807, 2.05) is 13.8 Å². The number of hydrogen-bond donors (Lipinski definition) is 2. The van der Waals surface area contributed by atoms with E-state index in [9.17, 15) is 13.2 Å². The number of aryl methyl sites for hydroxylation is 1. The lowest BCUT2D eigenvalue weighted by Gasteiger charge is -2.20. The van der Waals surface area contributed by atoms with Crippen molar-refractivity contribution >= 4 is 21.6 Å². The van der Waals surface area contributed by atoms with Crippen LogP contribution in [0.25, 0.3) is 0 Å². The molecule has 0 saturated carbocycles. The fraction of sp³-hybridized carbons (Fsp3) is 0.562. The Balaban J connectivity index is 2.26. The van der Waals surface area contributed by atoms with Crippen molar-refractivity contribution in [3.8, 4) is 0 Å². The molecule has 1 atom stereocenters. The Morgan fingerprint density at radius 2 is 2.04 bits per heavy atom. The van der Waals surface area contributed by atoms with Gasteiger partial charge in [-0.25, -0.2) is 8.42 Å². The van der Waals surface area contributed by atoms with Gasteiger partial charge in [0.1, 0.15) is 0 Å². The first-order valence-electron chi connectivity index (χ1n) is 8.05. The van der Waals surface area contributed by atoms with Gasteiger partial charge in [-0.15, -0.1) is 0 Å². The maximum atomic E-state index is 12.7. The van der Waals surface area contributed by atoms with E-state index in [2.05, 4.69) is 10.6 Å². The van der Waals surface area contributed by atoms with Gasteiger partial charge in [0.2, 0.25) is 15.9 Å². The second-order valence-electron chi connectivity index (χ2n) is 5.71. The van der Waals surface area contributed by atoms with Crippen LogP contribution in [0.15, 0.2) is 23.1 Å². The fourth-order valence-corrected chi connectivity index (χ4v) is 4.50. The summed E-state index contributed by atoms with van der Waals surface area (Å²) in [4.78, 5) is 12.4. The van der Waals surface area contributed by atoms with E-state index < -0.39 is 10.0 Å². The SMILES string of the molecule is CCN(CC)S(=O)(=O)c1cc(NC(=O)C2CCCN2)ccc1C. The van der Waals surface area contributed by atoms with Crippen LogP contribution in [-0.4, -0.2) is 44.3 Å². The van der Waals surface area contributed by atoms with Gasteiger partial charge in [0.15, 0.2) is 0 Å². The number of amides is 1. The van der Waals surface area contributed by atoms with Crippen LogP contribution in [0.1, 0.15) is 32.3 Å². The molecule has 1 saturated heterocycles. The van der Waals surface area contributed by atoms with Gasteiger partial charge in [0.25, 0.3) is 0 Å². The minimum Gasteiger partial charge on any atom is -0.325 e. The highest BCUT2D eigenvalue weighted by atomic mass is 32.2. The van der Waals surface area contributed by atoms with Crippen LogP contribution < -0.4 is 10.6 Å². The number of carbonyl (C=O) groups excluding carboxylic acids is 1. The molecule has 0 bridgehead atoms. The third-order valence-corrected chi connectivity index (χ3v) is 6.35. The standard InChI is InChI=1S/C16H25N3O3S/c1-4-19(5-2)23(21,22)15-11-13(9-8-12(15)3)18-16(20)14-7-6-10-17-14/h8-9,11,14,17H,4-7,10H2,1-3H3,(H,18,20). The predicted octanol–water partition coefficient (Wildman–Crippen LogP) is 1.72. The Kier molecular flexibility index (Phi) is 5.78. The highest BCUT2D eigenvalue weighted by molar-refractivity contribution is 7.89. The van der Waals surface area contributed by atoms with E-state index in [0.29, 0.717) is 24.3 Å². The normalized spacial score (nSPS) is 18.3. The van der Waals surface area contributed by atoms with Crippen LogP contribution >= 0.6 is 0 Å². The monoisotopic (exact) mass is 339 g/mol. The molecule has 2 N–H and O–H groups in total. The Bertz CT molecular complexity index is 663. The number of carbonyl (C=O) groups is 1. The number of nitrogens with zero attached hydrogens (tertiary/aromatic N) is 1. The van der Waals surface area contributed by atoms with Gasteiger partial charge in [0, 0.05) is 18.8 Å². The first-order chi connectivity index (χ1) is 10.9. The molecule has 23 heavy (non-hydrogen) atoms. The van der Waals surface area contributed by atoms with Crippen LogP contribution in [0.4, 0.5) is 5.69 Å². The van der Waals surface area contributed by atoms with Crippen molar-refractivity contribution in [3.63, 3.8) is 0 Å². The van der Waals surface area contributed by atoms with Gasteiger partial charge in [-0.3, -0.25) is 4.79 Å². The van der Waals surface area contributed by atoms with Gasteiger partial charge in [-0.05, 0) is 44.0 Å². The Morgan fingerprint density at radius 1 is 1.35 bits per heavy atom. The summed E-state index contributed by atoms with van der Waals surface area (Å²) in [6.07, 6.45) is 1.79. The molecule has 1 aromatic carbocycles. The number of benzene rings is 1. The fourth-order valence-electron chi connectivity index (χ4n) is 2.80. The minimum absolute atomic E-state index is 0.113. The summed E-state index contributed by atoms with van der Waals surface area (Å²) < 4.78 is 26.8. The van der Waals surface area contributed by atoms with Crippen LogP contribution in [0.2, 0.25) is 0 Å². The summed E-state index contributed by atoms with van der Waals surface area (Å²) in [5.74, 6) is -0.113. The zero-order valence-electron chi connectivity index (χ0n) is 13.9. The van der Waals surface area contributed by atoms with Gasteiger partial charge in [-0.1, -0.05) is 19.9 Å². The van der Waals surface area contributed by atoms with Crippen molar-refractivity contribution in [2.75, 3.05) is 25.0 Å². The van der Waals surface area contributed by atoms with Crippen LogP contribution in [0, 0.1) is 6.92 Å². The van der Waals surface area contributed by atoms with E-state index in [1.165, 1.54) is 4.31 Å². The molecule has 1 aliphatic heterocycles. The second kappa shape index (κ2) is 7.42. The van der Waals surface area contributed by atoms with Gasteiger partial charge < -0.3 is 10.6 Å². The van der Waals surface area contributed by atoms with E-state index >= 15 is 0 Å². The Labute approximate surface area is 138 Å². The van der Waals surface area contributed by atoms with E-state index in [1.54, 1.807) is 25.1 Å². The van der Waals surface area contributed by atoms with E-state index in [0.717, 1.165) is 19.4 Å². The summed E-state index contributed by atoms with van der Waals surface area (Å²) in [7, 11) is -3.54. The minimum atomic E-state index is -3.54. The lowest BCUT2D eigenvalue weighted by Crippen LogP contribution is -2.35. The highest BCUT2D eigenvalue weighted by Gasteiger charge is 2.25. The molecule has 0 aromatic heterocycles. The Hall–Kier alpha value is -1.44. The van der Waals surface area contributed by atoms with Crippen molar-refractivity contribution in [3.05, 3.63) is 23.8 Å². The molecule has 128 valence electrons. The van der Waals surface area contributed by atoms with Crippen molar-refractivity contribution in [2.24, 2.45) is 0 Å². The third-order valence-electron chi connectivity index (χ3n) is 4.16. The predicted molar refractivity (Wildman–Crippen MR) is 90.9 cm³/mol. The van der Waals surface area contributed by atoms with Gasteiger partial charge >= 0.3 is 0 Å². The molecule has 1 aliphatic rings. The highest BCUT2D eigenvalue weighted by Crippen LogP contribution is 2.24. The molecule has 1 aromatic rings. The lowest BCUT2D eigenvalue weighted by atomic mass is 10.2. The molecule has 1 unspecified atom stereocenters. The van der Waals surface area contributed by atoms with Crippen LogP contribution in [-0.2, 0) is 14.8 Å². The molecule has 2 rings (SSSR count). The average molecular weight is 339 g/mol. The number of anilines is 1. The molecule has 7 heteroatoms. The van der Waals surface area contributed by atoms with Gasteiger partial charge in [0.05, 0.1) is 10.9 Å². The maximum Gasteiger partial charge on any atom is 0.243 e. The van der Waals surface area contributed by atoms with Crippen molar-refractivity contribution in [1.82, 2.24) is 9.62 Å². The summed E-state index contributed by atoms with van der Waals surface area (Å²) >= 11 is 0. The van der Waals surface area contributed by atoms with E-state index in [4.69, 9.17) is 0 Å². The molecular weight excluding hydrogens is 314 g/mol. The summed E-state index contributed by atoms with van der Waals surface area (Å²) in [5, 5.41) is 5.94. The number of rotatable bonds is 6.